The van der Waals surface area contributed by atoms with E-state index in [0.29, 0.717) is 6.54 Å². The molecule has 1 saturated carbocycles. The second-order valence-electron chi connectivity index (χ2n) is 7.61. The minimum Gasteiger partial charge on any atom is -0.445 e. The maximum Gasteiger partial charge on any atom is 0.410 e. The maximum atomic E-state index is 12.5. The number of ether oxygens (including phenoxy) is 1. The molecule has 0 heterocycles. The van der Waals surface area contributed by atoms with Crippen molar-refractivity contribution >= 4 is 12.0 Å². The fourth-order valence-electron chi connectivity index (χ4n) is 3.47. The molecular weight excluding hydrogens is 342 g/mol. The first kappa shape index (κ1) is 21.2. The summed E-state index contributed by atoms with van der Waals surface area (Å²) in [5.74, 6) is 0.0411. The minimum absolute atomic E-state index is 0.0805. The minimum atomic E-state index is -0.470. The van der Waals surface area contributed by atoms with Crippen molar-refractivity contribution in [2.75, 3.05) is 6.54 Å². The monoisotopic (exact) mass is 375 g/mol. The second-order valence-corrected chi connectivity index (χ2v) is 7.61. The Balaban J connectivity index is 1.80. The van der Waals surface area contributed by atoms with Crippen LogP contribution in [0.3, 0.4) is 0 Å². The van der Waals surface area contributed by atoms with Crippen LogP contribution in [0.4, 0.5) is 4.79 Å². The van der Waals surface area contributed by atoms with E-state index in [9.17, 15) is 9.59 Å². The van der Waals surface area contributed by atoms with Crippen molar-refractivity contribution in [3.8, 4) is 0 Å². The number of carbonyl (C=O) groups excluding carboxylic acids is 2. The number of rotatable bonds is 7. The van der Waals surface area contributed by atoms with Gasteiger partial charge in [-0.25, -0.2) is 4.79 Å². The van der Waals surface area contributed by atoms with E-state index in [2.05, 4.69) is 5.32 Å². The van der Waals surface area contributed by atoms with E-state index < -0.39 is 6.04 Å². The van der Waals surface area contributed by atoms with Gasteiger partial charge in [-0.3, -0.25) is 4.79 Å². The quantitative estimate of drug-likeness (QED) is 0.767. The lowest BCUT2D eigenvalue weighted by atomic mass is 9.90. The van der Waals surface area contributed by atoms with Gasteiger partial charge < -0.3 is 20.7 Å². The maximum absolute atomic E-state index is 12.5. The molecule has 0 radical (unpaired) electrons. The molecule has 1 fully saturated rings. The van der Waals surface area contributed by atoms with Crippen LogP contribution in [-0.4, -0.2) is 41.6 Å². The highest BCUT2D eigenvalue weighted by Gasteiger charge is 2.30. The van der Waals surface area contributed by atoms with Gasteiger partial charge in [0.1, 0.15) is 6.61 Å². The molecule has 0 saturated heterocycles. The summed E-state index contributed by atoms with van der Waals surface area (Å²) >= 11 is 0. The molecule has 150 valence electrons. The lowest BCUT2D eigenvalue weighted by Crippen LogP contribution is -2.50. The summed E-state index contributed by atoms with van der Waals surface area (Å²) in [7, 11) is 0. The van der Waals surface area contributed by atoms with Crippen molar-refractivity contribution in [2.45, 2.75) is 71.2 Å². The highest BCUT2D eigenvalue weighted by molar-refractivity contribution is 5.82. The molecular formula is C21H33N3O3. The Morgan fingerprint density at radius 1 is 1.19 bits per heavy atom. The molecule has 0 aliphatic heterocycles. The first-order valence-electron chi connectivity index (χ1n) is 9.95. The Morgan fingerprint density at radius 3 is 2.37 bits per heavy atom. The third kappa shape index (κ3) is 6.24. The highest BCUT2D eigenvalue weighted by Crippen LogP contribution is 2.24. The van der Waals surface area contributed by atoms with Gasteiger partial charge in [-0.2, -0.15) is 0 Å². The van der Waals surface area contributed by atoms with Crippen molar-refractivity contribution in [1.29, 1.82) is 0 Å². The third-order valence-corrected chi connectivity index (χ3v) is 5.29. The normalized spacial score (nSPS) is 20.8. The number of benzene rings is 1. The first-order chi connectivity index (χ1) is 12.9. The number of hydrogen-bond donors (Lipinski definition) is 2. The van der Waals surface area contributed by atoms with Crippen molar-refractivity contribution in [3.05, 3.63) is 35.9 Å². The van der Waals surface area contributed by atoms with E-state index in [-0.39, 0.29) is 36.6 Å². The molecule has 0 bridgehead atoms. The van der Waals surface area contributed by atoms with Crippen LogP contribution in [0, 0.1) is 5.92 Å². The van der Waals surface area contributed by atoms with E-state index in [4.69, 9.17) is 10.5 Å². The zero-order valence-electron chi connectivity index (χ0n) is 16.7. The summed E-state index contributed by atoms with van der Waals surface area (Å²) in [6.45, 7) is 6.77. The Hall–Kier alpha value is -2.08. The van der Waals surface area contributed by atoms with Gasteiger partial charge in [0.15, 0.2) is 0 Å². The Kier molecular flexibility index (Phi) is 8.10. The molecule has 1 aromatic rings. The molecule has 1 aliphatic carbocycles. The van der Waals surface area contributed by atoms with Gasteiger partial charge >= 0.3 is 6.09 Å². The molecule has 27 heavy (non-hydrogen) atoms. The van der Waals surface area contributed by atoms with Gasteiger partial charge in [0.25, 0.3) is 0 Å². The number of nitrogens with two attached hydrogens (primary N) is 1. The van der Waals surface area contributed by atoms with Gasteiger partial charge in [0.2, 0.25) is 5.91 Å². The summed E-state index contributed by atoms with van der Waals surface area (Å²) in [6.07, 6.45) is 3.15. The lowest BCUT2D eigenvalue weighted by Gasteiger charge is -2.36. The molecule has 3 N–H and O–H groups in total. The topological polar surface area (TPSA) is 84.7 Å². The van der Waals surface area contributed by atoms with E-state index in [1.165, 1.54) is 0 Å². The van der Waals surface area contributed by atoms with Crippen LogP contribution < -0.4 is 11.1 Å². The largest absolute Gasteiger partial charge is 0.445 e. The molecule has 1 unspecified atom stereocenters. The standard InChI is InChI=1S/C21H33N3O3/c1-4-24(21(26)27-14-16-8-6-5-7-9-16)18-12-10-17(11-13-18)23-20(25)19(22)15(2)3/h5-9,15,17-19H,4,10-14,22H2,1-3H3,(H,23,25). The van der Waals surface area contributed by atoms with Gasteiger partial charge in [0.05, 0.1) is 6.04 Å². The number of carbonyl (C=O) groups is 2. The van der Waals surface area contributed by atoms with Crippen molar-refractivity contribution < 1.29 is 14.3 Å². The summed E-state index contributed by atoms with van der Waals surface area (Å²) in [5, 5.41) is 3.05. The number of nitrogens with zero attached hydrogens (tertiary/aromatic N) is 1. The van der Waals surface area contributed by atoms with Crippen molar-refractivity contribution in [1.82, 2.24) is 10.2 Å². The van der Waals surface area contributed by atoms with E-state index >= 15 is 0 Å². The van der Waals surface area contributed by atoms with Crippen LogP contribution in [0.25, 0.3) is 0 Å². The molecule has 1 atom stereocenters. The smallest absolute Gasteiger partial charge is 0.410 e. The first-order valence-corrected chi connectivity index (χ1v) is 9.95. The molecule has 6 nitrogen and oxygen atoms in total. The van der Waals surface area contributed by atoms with Crippen LogP contribution >= 0.6 is 0 Å². The fraction of sp³-hybridized carbons (Fsp3) is 0.619. The Morgan fingerprint density at radius 2 is 1.81 bits per heavy atom. The van der Waals surface area contributed by atoms with Crippen LogP contribution in [0.2, 0.25) is 0 Å². The summed E-state index contributed by atoms with van der Waals surface area (Å²) < 4.78 is 5.48. The summed E-state index contributed by atoms with van der Waals surface area (Å²) in [6, 6.07) is 9.52. The van der Waals surface area contributed by atoms with E-state index in [0.717, 1.165) is 31.2 Å². The molecule has 0 aromatic heterocycles. The predicted octanol–water partition coefficient (Wildman–Crippen LogP) is 3.06. The van der Waals surface area contributed by atoms with Crippen LogP contribution in [-0.2, 0) is 16.1 Å². The molecule has 1 aromatic carbocycles. The number of hydrogen-bond acceptors (Lipinski definition) is 4. The Bertz CT molecular complexity index is 598. The predicted molar refractivity (Wildman–Crippen MR) is 106 cm³/mol. The molecule has 2 rings (SSSR count). The second kappa shape index (κ2) is 10.3. The summed E-state index contributed by atoms with van der Waals surface area (Å²) in [4.78, 5) is 26.4. The van der Waals surface area contributed by atoms with Gasteiger partial charge in [-0.15, -0.1) is 0 Å². The molecule has 2 amide bonds. The van der Waals surface area contributed by atoms with Crippen molar-refractivity contribution in [2.24, 2.45) is 11.7 Å². The SMILES string of the molecule is CCN(C(=O)OCc1ccccc1)C1CCC(NC(=O)C(N)C(C)C)CC1. The number of amides is 2. The van der Waals surface area contributed by atoms with E-state index in [1.807, 2.05) is 51.1 Å². The molecule has 0 spiro atoms. The van der Waals surface area contributed by atoms with E-state index in [1.54, 1.807) is 4.90 Å². The number of nitrogens with one attached hydrogen (secondary N) is 1. The van der Waals surface area contributed by atoms with Gasteiger partial charge in [-0.1, -0.05) is 44.2 Å². The highest BCUT2D eigenvalue weighted by atomic mass is 16.6. The summed E-state index contributed by atoms with van der Waals surface area (Å²) in [5.41, 5.74) is 6.90. The van der Waals surface area contributed by atoms with Gasteiger partial charge in [0, 0.05) is 18.6 Å². The zero-order chi connectivity index (χ0) is 19.8. The Labute approximate surface area is 162 Å². The average molecular weight is 376 g/mol. The fourth-order valence-corrected chi connectivity index (χ4v) is 3.47. The van der Waals surface area contributed by atoms with Crippen LogP contribution in [0.5, 0.6) is 0 Å². The lowest BCUT2D eigenvalue weighted by molar-refractivity contribution is -0.124. The van der Waals surface area contributed by atoms with Crippen LogP contribution in [0.15, 0.2) is 30.3 Å². The van der Waals surface area contributed by atoms with Crippen LogP contribution in [0.1, 0.15) is 52.0 Å². The molecule has 6 heteroatoms. The zero-order valence-corrected chi connectivity index (χ0v) is 16.7. The molecule has 1 aliphatic rings. The van der Waals surface area contributed by atoms with Gasteiger partial charge in [-0.05, 0) is 44.1 Å². The van der Waals surface area contributed by atoms with Crippen molar-refractivity contribution in [3.63, 3.8) is 0 Å². The third-order valence-electron chi connectivity index (χ3n) is 5.29. The average Bonchev–Trinajstić information content (AvgIpc) is 2.68.